The lowest BCUT2D eigenvalue weighted by molar-refractivity contribution is -0.125. The molecule has 2 aliphatic rings. The molecule has 23 heavy (non-hydrogen) atoms. The van der Waals surface area contributed by atoms with Gasteiger partial charge in [0, 0.05) is 31.9 Å². The van der Waals surface area contributed by atoms with Crippen molar-refractivity contribution in [3.05, 3.63) is 29.8 Å². The van der Waals surface area contributed by atoms with Crippen LogP contribution in [0.15, 0.2) is 24.3 Å². The van der Waals surface area contributed by atoms with Crippen LogP contribution >= 0.6 is 0 Å². The second-order valence-corrected chi connectivity index (χ2v) is 6.27. The maximum absolute atomic E-state index is 12.6. The van der Waals surface area contributed by atoms with Gasteiger partial charge in [-0.2, -0.15) is 0 Å². The minimum Gasteiger partial charge on any atom is -0.368 e. The van der Waals surface area contributed by atoms with Gasteiger partial charge in [0.25, 0.3) is 5.91 Å². The Morgan fingerprint density at radius 1 is 1.22 bits per heavy atom. The van der Waals surface area contributed by atoms with Crippen molar-refractivity contribution in [3.63, 3.8) is 0 Å². The minimum atomic E-state index is -0.894. The first-order valence-electron chi connectivity index (χ1n) is 7.57. The first-order chi connectivity index (χ1) is 10.9. The van der Waals surface area contributed by atoms with E-state index in [2.05, 4.69) is 0 Å². The summed E-state index contributed by atoms with van der Waals surface area (Å²) in [5.41, 5.74) is 5.89. The molecule has 0 spiro atoms. The summed E-state index contributed by atoms with van der Waals surface area (Å²) in [5, 5.41) is 0. The van der Waals surface area contributed by atoms with E-state index in [9.17, 15) is 14.4 Å². The number of rotatable bonds is 3. The lowest BCUT2D eigenvalue weighted by Crippen LogP contribution is -2.52. The zero-order valence-corrected chi connectivity index (χ0v) is 13.3. The Kier molecular flexibility index (Phi) is 3.50. The standard InChI is InChI=1S/C16H20N4O3/c1-18(2)13(21)11-4-6-12(7-5-11)19-10-16(14(17)22)8-3-9-20(16)15(19)23/h4-7H,3,8-10H2,1-2H3,(H2,17,22)/t16-/m1/s1. The highest BCUT2D eigenvalue weighted by Gasteiger charge is 2.56. The predicted octanol–water partition coefficient (Wildman–Crippen LogP) is 0.648. The number of primary amides is 1. The number of nitrogens with two attached hydrogens (primary N) is 1. The quantitative estimate of drug-likeness (QED) is 0.888. The molecule has 3 rings (SSSR count). The summed E-state index contributed by atoms with van der Waals surface area (Å²) in [5.74, 6) is -0.552. The van der Waals surface area contributed by atoms with Crippen LogP contribution in [0.3, 0.4) is 0 Å². The fraction of sp³-hybridized carbons (Fsp3) is 0.438. The van der Waals surface area contributed by atoms with Crippen molar-refractivity contribution in [1.29, 1.82) is 0 Å². The summed E-state index contributed by atoms with van der Waals surface area (Å²) < 4.78 is 0. The van der Waals surface area contributed by atoms with E-state index < -0.39 is 11.4 Å². The molecule has 1 atom stereocenters. The van der Waals surface area contributed by atoms with Crippen LogP contribution in [0.2, 0.25) is 0 Å². The topological polar surface area (TPSA) is 87.0 Å². The van der Waals surface area contributed by atoms with Crippen molar-refractivity contribution < 1.29 is 14.4 Å². The molecule has 0 aliphatic carbocycles. The zero-order valence-electron chi connectivity index (χ0n) is 13.3. The Labute approximate surface area is 134 Å². The van der Waals surface area contributed by atoms with Crippen LogP contribution in [-0.4, -0.2) is 60.4 Å². The van der Waals surface area contributed by atoms with Gasteiger partial charge < -0.3 is 15.5 Å². The van der Waals surface area contributed by atoms with E-state index in [1.165, 1.54) is 4.90 Å². The molecule has 2 fully saturated rings. The van der Waals surface area contributed by atoms with Crippen molar-refractivity contribution >= 4 is 23.5 Å². The van der Waals surface area contributed by atoms with Crippen LogP contribution < -0.4 is 10.6 Å². The first kappa shape index (κ1) is 15.3. The van der Waals surface area contributed by atoms with Crippen LogP contribution in [0.5, 0.6) is 0 Å². The lowest BCUT2D eigenvalue weighted by Gasteiger charge is -2.25. The third kappa shape index (κ3) is 2.23. The van der Waals surface area contributed by atoms with E-state index in [1.54, 1.807) is 48.2 Å². The Hall–Kier alpha value is -2.57. The zero-order chi connectivity index (χ0) is 16.8. The molecule has 7 heteroatoms. The van der Waals surface area contributed by atoms with Gasteiger partial charge in [0.2, 0.25) is 5.91 Å². The van der Waals surface area contributed by atoms with Crippen LogP contribution in [-0.2, 0) is 4.79 Å². The molecule has 2 heterocycles. The minimum absolute atomic E-state index is 0.0986. The number of anilines is 1. The highest BCUT2D eigenvalue weighted by Crippen LogP contribution is 2.38. The largest absolute Gasteiger partial charge is 0.368 e. The smallest absolute Gasteiger partial charge is 0.325 e. The molecular formula is C16H20N4O3. The summed E-state index contributed by atoms with van der Waals surface area (Å²) in [6.07, 6.45) is 1.39. The SMILES string of the molecule is CN(C)C(=O)c1ccc(N2C[C@@]3(C(N)=O)CCCN3C2=O)cc1. The summed E-state index contributed by atoms with van der Waals surface area (Å²) in [6.45, 7) is 0.817. The highest BCUT2D eigenvalue weighted by molar-refractivity contribution is 6.03. The summed E-state index contributed by atoms with van der Waals surface area (Å²) in [7, 11) is 3.37. The van der Waals surface area contributed by atoms with Gasteiger partial charge in [-0.15, -0.1) is 0 Å². The molecule has 122 valence electrons. The van der Waals surface area contributed by atoms with E-state index in [0.29, 0.717) is 24.2 Å². The highest BCUT2D eigenvalue weighted by atomic mass is 16.2. The van der Waals surface area contributed by atoms with Crippen molar-refractivity contribution in [2.75, 3.05) is 32.1 Å². The summed E-state index contributed by atoms with van der Waals surface area (Å²) >= 11 is 0. The number of hydrogen-bond donors (Lipinski definition) is 1. The molecule has 0 aromatic heterocycles. The van der Waals surface area contributed by atoms with Gasteiger partial charge in [-0.3, -0.25) is 14.5 Å². The van der Waals surface area contributed by atoms with Crippen LogP contribution in [0.25, 0.3) is 0 Å². The second-order valence-electron chi connectivity index (χ2n) is 6.27. The van der Waals surface area contributed by atoms with E-state index in [-0.39, 0.29) is 18.5 Å². The van der Waals surface area contributed by atoms with Gasteiger partial charge in [0.1, 0.15) is 5.54 Å². The normalized spacial score (nSPS) is 23.1. The van der Waals surface area contributed by atoms with Gasteiger partial charge in [0.05, 0.1) is 6.54 Å². The maximum atomic E-state index is 12.6. The number of hydrogen-bond acceptors (Lipinski definition) is 3. The maximum Gasteiger partial charge on any atom is 0.325 e. The van der Waals surface area contributed by atoms with E-state index >= 15 is 0 Å². The van der Waals surface area contributed by atoms with Gasteiger partial charge in [-0.25, -0.2) is 4.79 Å². The average Bonchev–Trinajstić information content (AvgIpc) is 3.07. The number of nitrogens with zero attached hydrogens (tertiary/aromatic N) is 3. The summed E-state index contributed by atoms with van der Waals surface area (Å²) in [4.78, 5) is 41.0. The number of carbonyl (C=O) groups excluding carboxylic acids is 3. The average molecular weight is 316 g/mol. The molecule has 0 unspecified atom stereocenters. The number of fused-ring (bicyclic) bond motifs is 1. The van der Waals surface area contributed by atoms with Gasteiger partial charge in [-0.05, 0) is 37.1 Å². The molecule has 7 nitrogen and oxygen atoms in total. The molecule has 2 saturated heterocycles. The molecular weight excluding hydrogens is 296 g/mol. The molecule has 2 aliphatic heterocycles. The molecule has 0 saturated carbocycles. The lowest BCUT2D eigenvalue weighted by atomic mass is 9.96. The molecule has 1 aromatic rings. The van der Waals surface area contributed by atoms with Crippen molar-refractivity contribution in [1.82, 2.24) is 9.80 Å². The Bertz CT molecular complexity index is 670. The molecule has 4 amide bonds. The number of benzene rings is 1. The van der Waals surface area contributed by atoms with Crippen LogP contribution in [0.1, 0.15) is 23.2 Å². The van der Waals surface area contributed by atoms with Crippen LogP contribution in [0, 0.1) is 0 Å². The van der Waals surface area contributed by atoms with Gasteiger partial charge in [0.15, 0.2) is 0 Å². The third-order valence-electron chi connectivity index (χ3n) is 4.66. The fourth-order valence-electron chi connectivity index (χ4n) is 3.37. The van der Waals surface area contributed by atoms with Crippen LogP contribution in [0.4, 0.5) is 10.5 Å². The second kappa shape index (κ2) is 5.26. The van der Waals surface area contributed by atoms with Crippen molar-refractivity contribution in [2.24, 2.45) is 5.73 Å². The Morgan fingerprint density at radius 3 is 2.39 bits per heavy atom. The number of urea groups is 1. The van der Waals surface area contributed by atoms with Crippen molar-refractivity contribution in [2.45, 2.75) is 18.4 Å². The fourth-order valence-corrected chi connectivity index (χ4v) is 3.37. The first-order valence-corrected chi connectivity index (χ1v) is 7.57. The van der Waals surface area contributed by atoms with Gasteiger partial charge in [-0.1, -0.05) is 0 Å². The Balaban J connectivity index is 1.87. The van der Waals surface area contributed by atoms with Gasteiger partial charge >= 0.3 is 6.03 Å². The molecule has 1 aromatic carbocycles. The molecule has 0 radical (unpaired) electrons. The molecule has 2 N–H and O–H groups in total. The predicted molar refractivity (Wildman–Crippen MR) is 85.1 cm³/mol. The summed E-state index contributed by atoms with van der Waals surface area (Å²) in [6, 6.07) is 6.63. The number of carbonyl (C=O) groups is 3. The Morgan fingerprint density at radius 2 is 1.87 bits per heavy atom. The van der Waals surface area contributed by atoms with E-state index in [0.717, 1.165) is 6.42 Å². The van der Waals surface area contributed by atoms with E-state index in [1.807, 2.05) is 0 Å². The van der Waals surface area contributed by atoms with Crippen molar-refractivity contribution in [3.8, 4) is 0 Å². The number of amides is 4. The van der Waals surface area contributed by atoms with E-state index in [4.69, 9.17) is 5.73 Å². The molecule has 0 bridgehead atoms. The third-order valence-corrected chi connectivity index (χ3v) is 4.66. The monoisotopic (exact) mass is 316 g/mol.